The second-order valence-corrected chi connectivity index (χ2v) is 9.06. The van der Waals surface area contributed by atoms with Crippen molar-refractivity contribution in [2.75, 3.05) is 18.2 Å². The van der Waals surface area contributed by atoms with E-state index in [0.29, 0.717) is 16.8 Å². The summed E-state index contributed by atoms with van der Waals surface area (Å²) in [6.45, 7) is 4.65. The molecule has 1 N–H and O–H groups in total. The molecule has 0 unspecified atom stereocenters. The number of anilines is 1. The Morgan fingerprint density at radius 2 is 2.06 bits per heavy atom. The van der Waals surface area contributed by atoms with Crippen LogP contribution in [0.5, 0.6) is 5.75 Å². The molecule has 3 heterocycles. The molecular formula is C22H23N5O3S2. The number of amides is 1. The van der Waals surface area contributed by atoms with Crippen molar-refractivity contribution in [3.05, 3.63) is 59.6 Å². The van der Waals surface area contributed by atoms with E-state index >= 15 is 0 Å². The van der Waals surface area contributed by atoms with Gasteiger partial charge in [0.25, 0.3) is 0 Å². The highest BCUT2D eigenvalue weighted by Gasteiger charge is 2.18. The number of thioether (sulfide) groups is 1. The van der Waals surface area contributed by atoms with Gasteiger partial charge in [0.05, 0.1) is 31.4 Å². The van der Waals surface area contributed by atoms with Gasteiger partial charge in [0.2, 0.25) is 5.91 Å². The highest BCUT2D eigenvalue weighted by atomic mass is 32.2. The Bertz CT molecular complexity index is 1170. The first kappa shape index (κ1) is 22.1. The summed E-state index contributed by atoms with van der Waals surface area (Å²) in [6, 6.07) is 11.4. The molecule has 0 bridgehead atoms. The summed E-state index contributed by atoms with van der Waals surface area (Å²) in [5, 5.41) is 14.6. The first-order valence-electron chi connectivity index (χ1n) is 10.0. The van der Waals surface area contributed by atoms with Crippen LogP contribution < -0.4 is 10.1 Å². The topological polar surface area (TPSA) is 95.1 Å². The summed E-state index contributed by atoms with van der Waals surface area (Å²) < 4.78 is 12.7. The van der Waals surface area contributed by atoms with Gasteiger partial charge in [-0.05, 0) is 36.4 Å². The second kappa shape index (κ2) is 10.0. The monoisotopic (exact) mass is 469 g/mol. The van der Waals surface area contributed by atoms with Crippen molar-refractivity contribution in [1.29, 1.82) is 0 Å². The number of ether oxygens (including phenoxy) is 1. The minimum Gasteiger partial charge on any atom is -0.497 e. The number of carbonyl (C=O) groups excluding carboxylic acids is 1. The standard InChI is InChI=1S/C22H23N5O3S2/c1-14(2)20-25-26-22(27(20)11-17-5-4-10-30-17)32-13-19(28)24-21-23-18(12-31-21)15-6-8-16(29-3)9-7-15/h4-10,12,14H,11,13H2,1-3H3,(H,23,24,28). The summed E-state index contributed by atoms with van der Waals surface area (Å²) in [5.74, 6) is 2.71. The highest BCUT2D eigenvalue weighted by Crippen LogP contribution is 2.27. The van der Waals surface area contributed by atoms with Crippen molar-refractivity contribution >= 4 is 34.1 Å². The Kier molecular flexibility index (Phi) is 6.91. The maximum Gasteiger partial charge on any atom is 0.236 e. The van der Waals surface area contributed by atoms with E-state index in [-0.39, 0.29) is 17.6 Å². The maximum absolute atomic E-state index is 12.5. The fraction of sp³-hybridized carbons (Fsp3) is 0.273. The zero-order valence-electron chi connectivity index (χ0n) is 17.9. The van der Waals surface area contributed by atoms with E-state index in [4.69, 9.17) is 9.15 Å². The van der Waals surface area contributed by atoms with Crippen LogP contribution in [-0.2, 0) is 11.3 Å². The predicted molar refractivity (Wildman–Crippen MR) is 125 cm³/mol. The van der Waals surface area contributed by atoms with Crippen LogP contribution in [0.2, 0.25) is 0 Å². The first-order chi connectivity index (χ1) is 15.5. The lowest BCUT2D eigenvalue weighted by molar-refractivity contribution is -0.113. The molecule has 10 heteroatoms. The third-order valence-electron chi connectivity index (χ3n) is 4.62. The Hall–Kier alpha value is -3.11. The minimum absolute atomic E-state index is 0.149. The molecule has 0 fully saturated rings. The molecule has 3 aromatic heterocycles. The van der Waals surface area contributed by atoms with Crippen LogP contribution in [0.1, 0.15) is 31.4 Å². The molecule has 1 aromatic carbocycles. The zero-order valence-corrected chi connectivity index (χ0v) is 19.6. The fourth-order valence-electron chi connectivity index (χ4n) is 3.05. The van der Waals surface area contributed by atoms with Gasteiger partial charge in [-0.1, -0.05) is 25.6 Å². The quantitative estimate of drug-likeness (QED) is 0.348. The van der Waals surface area contributed by atoms with Crippen LogP contribution in [0.25, 0.3) is 11.3 Å². The molecule has 0 aliphatic rings. The number of thiazole rings is 1. The summed E-state index contributed by atoms with van der Waals surface area (Å²) >= 11 is 2.73. The number of carbonyl (C=O) groups is 1. The third kappa shape index (κ3) is 5.20. The number of benzene rings is 1. The molecule has 4 rings (SSSR count). The van der Waals surface area contributed by atoms with Gasteiger partial charge in [0, 0.05) is 16.9 Å². The van der Waals surface area contributed by atoms with Gasteiger partial charge in [-0.25, -0.2) is 4.98 Å². The number of furan rings is 1. The van der Waals surface area contributed by atoms with Gasteiger partial charge >= 0.3 is 0 Å². The molecule has 0 radical (unpaired) electrons. The SMILES string of the molecule is COc1ccc(-c2csc(NC(=O)CSc3nnc(C(C)C)n3Cc3ccco3)n2)cc1. The van der Waals surface area contributed by atoms with E-state index in [1.807, 2.05) is 46.3 Å². The van der Waals surface area contributed by atoms with E-state index in [1.54, 1.807) is 13.4 Å². The Morgan fingerprint density at radius 1 is 1.25 bits per heavy atom. The van der Waals surface area contributed by atoms with Gasteiger partial charge in [-0.2, -0.15) is 0 Å². The second-order valence-electron chi connectivity index (χ2n) is 7.26. The van der Waals surface area contributed by atoms with Crippen LogP contribution in [0, 0.1) is 0 Å². The van der Waals surface area contributed by atoms with Gasteiger partial charge in [-0.15, -0.1) is 21.5 Å². The molecule has 0 saturated carbocycles. The van der Waals surface area contributed by atoms with E-state index in [2.05, 4.69) is 34.3 Å². The number of methoxy groups -OCH3 is 1. The zero-order chi connectivity index (χ0) is 22.5. The number of rotatable bonds is 9. The number of aromatic nitrogens is 4. The average molecular weight is 470 g/mol. The molecular weight excluding hydrogens is 446 g/mol. The average Bonchev–Trinajstić information content (AvgIpc) is 3.54. The highest BCUT2D eigenvalue weighted by molar-refractivity contribution is 7.99. The number of hydrogen-bond acceptors (Lipinski definition) is 8. The summed E-state index contributed by atoms with van der Waals surface area (Å²) in [5.41, 5.74) is 1.77. The molecule has 0 aliphatic carbocycles. The number of nitrogens with one attached hydrogen (secondary N) is 1. The Morgan fingerprint density at radius 3 is 2.75 bits per heavy atom. The molecule has 8 nitrogen and oxygen atoms in total. The summed E-state index contributed by atoms with van der Waals surface area (Å²) in [6.07, 6.45) is 1.64. The Balaban J connectivity index is 1.38. The predicted octanol–water partition coefficient (Wildman–Crippen LogP) is 4.91. The van der Waals surface area contributed by atoms with E-state index in [9.17, 15) is 4.79 Å². The normalized spacial score (nSPS) is 11.1. The van der Waals surface area contributed by atoms with Gasteiger partial charge < -0.3 is 14.5 Å². The maximum atomic E-state index is 12.5. The fourth-order valence-corrected chi connectivity index (χ4v) is 4.53. The van der Waals surface area contributed by atoms with Crippen molar-refractivity contribution in [1.82, 2.24) is 19.7 Å². The largest absolute Gasteiger partial charge is 0.497 e. The van der Waals surface area contributed by atoms with Crippen molar-refractivity contribution in [2.24, 2.45) is 0 Å². The van der Waals surface area contributed by atoms with Crippen LogP contribution in [-0.4, -0.2) is 38.5 Å². The van der Waals surface area contributed by atoms with Crippen molar-refractivity contribution in [2.45, 2.75) is 31.5 Å². The lowest BCUT2D eigenvalue weighted by Crippen LogP contribution is -2.15. The molecule has 0 atom stereocenters. The third-order valence-corrected chi connectivity index (χ3v) is 6.35. The lowest BCUT2D eigenvalue weighted by Gasteiger charge is -2.10. The van der Waals surface area contributed by atoms with E-state index in [1.165, 1.54) is 23.1 Å². The first-order valence-corrected chi connectivity index (χ1v) is 11.9. The Labute approximate surface area is 194 Å². The van der Waals surface area contributed by atoms with Crippen molar-refractivity contribution < 1.29 is 13.9 Å². The van der Waals surface area contributed by atoms with Crippen molar-refractivity contribution in [3.63, 3.8) is 0 Å². The molecule has 0 saturated heterocycles. The molecule has 32 heavy (non-hydrogen) atoms. The summed E-state index contributed by atoms with van der Waals surface area (Å²) in [7, 11) is 1.63. The smallest absolute Gasteiger partial charge is 0.236 e. The van der Waals surface area contributed by atoms with Gasteiger partial charge in [0.15, 0.2) is 10.3 Å². The van der Waals surface area contributed by atoms with Crippen LogP contribution in [0.3, 0.4) is 0 Å². The number of hydrogen-bond donors (Lipinski definition) is 1. The van der Waals surface area contributed by atoms with Crippen LogP contribution >= 0.6 is 23.1 Å². The van der Waals surface area contributed by atoms with Crippen LogP contribution in [0.4, 0.5) is 5.13 Å². The van der Waals surface area contributed by atoms with Crippen LogP contribution in [0.15, 0.2) is 57.6 Å². The molecule has 0 spiro atoms. The van der Waals surface area contributed by atoms with Crippen molar-refractivity contribution in [3.8, 4) is 17.0 Å². The summed E-state index contributed by atoms with van der Waals surface area (Å²) in [4.78, 5) is 17.0. The molecule has 1 amide bonds. The molecule has 0 aliphatic heterocycles. The molecule has 166 valence electrons. The lowest BCUT2D eigenvalue weighted by atomic mass is 10.2. The number of nitrogens with zero attached hydrogens (tertiary/aromatic N) is 4. The molecule has 4 aromatic rings. The van der Waals surface area contributed by atoms with Gasteiger partial charge in [-0.3, -0.25) is 9.36 Å². The van der Waals surface area contributed by atoms with Gasteiger partial charge in [0.1, 0.15) is 17.3 Å². The minimum atomic E-state index is -0.149. The van der Waals surface area contributed by atoms with E-state index < -0.39 is 0 Å². The van der Waals surface area contributed by atoms with E-state index in [0.717, 1.165) is 28.6 Å².